The lowest BCUT2D eigenvalue weighted by Gasteiger charge is -2.04. The van der Waals surface area contributed by atoms with Gasteiger partial charge < -0.3 is 5.11 Å². The van der Waals surface area contributed by atoms with E-state index in [-0.39, 0.29) is 0 Å². The lowest BCUT2D eigenvalue weighted by molar-refractivity contribution is 0.459. The molecule has 0 aromatic carbocycles. The van der Waals surface area contributed by atoms with Gasteiger partial charge in [0, 0.05) is 0 Å². The summed E-state index contributed by atoms with van der Waals surface area (Å²) in [4.78, 5) is 0. The smallest absolute Gasteiger partial charge is 0.0783 e. The summed E-state index contributed by atoms with van der Waals surface area (Å²) in [6.45, 7) is 4.40. The first kappa shape index (κ1) is 20.5. The van der Waals surface area contributed by atoms with Crippen LogP contribution in [0.2, 0.25) is 0 Å². The molecule has 0 fully saturated rings. The Hall–Kier alpha value is -0.460. The minimum Gasteiger partial charge on any atom is -0.516 e. The average molecular weight is 297 g/mol. The number of hydrogen-bond acceptors (Lipinski definition) is 1. The molecule has 0 atom stereocenters. The summed E-state index contributed by atoms with van der Waals surface area (Å²) < 4.78 is 0. The summed E-state index contributed by atoms with van der Waals surface area (Å²) in [5.74, 6) is 0. The van der Waals surface area contributed by atoms with Gasteiger partial charge in [0.25, 0.3) is 0 Å². The van der Waals surface area contributed by atoms with Crippen molar-refractivity contribution in [1.82, 2.24) is 0 Å². The third kappa shape index (κ3) is 15.7. The first-order valence-electron chi connectivity index (χ1n) is 9.67. The second kappa shape index (κ2) is 17.6. The lowest BCUT2D eigenvalue weighted by Crippen LogP contribution is -1.85. The third-order valence-corrected chi connectivity index (χ3v) is 4.49. The number of unbranched alkanes of at least 4 members (excludes halogenated alkanes) is 13. The highest BCUT2D eigenvalue weighted by molar-refractivity contribution is 4.95. The quantitative estimate of drug-likeness (QED) is 0.228. The van der Waals surface area contributed by atoms with Crippen LogP contribution in [0.1, 0.15) is 117 Å². The van der Waals surface area contributed by atoms with Crippen LogP contribution in [0.4, 0.5) is 0 Å². The van der Waals surface area contributed by atoms with Crippen LogP contribution in [0.5, 0.6) is 0 Å². The predicted molar refractivity (Wildman–Crippen MR) is 95.9 cm³/mol. The molecule has 0 bridgehead atoms. The molecule has 1 nitrogen and oxygen atoms in total. The van der Waals surface area contributed by atoms with Gasteiger partial charge in [-0.15, -0.1) is 0 Å². The molecule has 0 amide bonds. The van der Waals surface area contributed by atoms with Crippen LogP contribution in [-0.4, -0.2) is 5.11 Å². The Bertz CT molecular complexity index is 220. The maximum Gasteiger partial charge on any atom is 0.0783 e. The van der Waals surface area contributed by atoms with Crippen LogP contribution in [0.15, 0.2) is 11.8 Å². The number of allylic oxidation sites excluding steroid dienone is 1. The summed E-state index contributed by atoms with van der Waals surface area (Å²) in [7, 11) is 0. The monoisotopic (exact) mass is 296 g/mol. The SMILES string of the molecule is CCCCCCCCCCCCCCCC/C(=C/O)CC. The van der Waals surface area contributed by atoms with Crippen molar-refractivity contribution in [1.29, 1.82) is 0 Å². The molecular weight excluding hydrogens is 256 g/mol. The Morgan fingerprint density at radius 2 is 1.00 bits per heavy atom. The molecule has 0 rings (SSSR count). The van der Waals surface area contributed by atoms with E-state index in [1.165, 1.54) is 102 Å². The van der Waals surface area contributed by atoms with E-state index in [9.17, 15) is 0 Å². The topological polar surface area (TPSA) is 20.2 Å². The molecule has 0 spiro atoms. The number of aliphatic hydroxyl groups excluding tert-OH is 1. The molecule has 0 radical (unpaired) electrons. The van der Waals surface area contributed by atoms with Crippen LogP contribution in [-0.2, 0) is 0 Å². The normalized spacial score (nSPS) is 12.0. The molecule has 0 aromatic rings. The van der Waals surface area contributed by atoms with Gasteiger partial charge in [0.05, 0.1) is 6.26 Å². The molecule has 0 saturated heterocycles. The van der Waals surface area contributed by atoms with Crippen LogP contribution < -0.4 is 0 Å². The van der Waals surface area contributed by atoms with Crippen LogP contribution in [0.3, 0.4) is 0 Å². The molecule has 0 aliphatic rings. The van der Waals surface area contributed by atoms with Crippen molar-refractivity contribution in [3.63, 3.8) is 0 Å². The third-order valence-electron chi connectivity index (χ3n) is 4.49. The Kier molecular flexibility index (Phi) is 17.2. The molecular formula is C20H40O. The standard InChI is InChI=1S/C20H40O/c1-3-5-6-7-8-9-10-11-12-13-14-15-16-17-18-20(4-2)19-21/h19,21H,3-18H2,1-2H3/b20-19+. The van der Waals surface area contributed by atoms with Crippen molar-refractivity contribution in [3.8, 4) is 0 Å². The summed E-state index contributed by atoms with van der Waals surface area (Å²) in [6, 6.07) is 0. The first-order valence-corrected chi connectivity index (χ1v) is 9.67. The van der Waals surface area contributed by atoms with Crippen LogP contribution in [0.25, 0.3) is 0 Å². The van der Waals surface area contributed by atoms with Gasteiger partial charge in [-0.05, 0) is 24.8 Å². The van der Waals surface area contributed by atoms with E-state index < -0.39 is 0 Å². The van der Waals surface area contributed by atoms with Crippen molar-refractivity contribution < 1.29 is 5.11 Å². The van der Waals surface area contributed by atoms with Gasteiger partial charge >= 0.3 is 0 Å². The fourth-order valence-corrected chi connectivity index (χ4v) is 2.88. The number of aliphatic hydroxyl groups is 1. The maximum absolute atomic E-state index is 8.97. The molecule has 0 aromatic heterocycles. The molecule has 1 N–H and O–H groups in total. The maximum atomic E-state index is 8.97. The van der Waals surface area contributed by atoms with E-state index in [0.29, 0.717) is 0 Å². The molecule has 0 aliphatic carbocycles. The van der Waals surface area contributed by atoms with E-state index in [0.717, 1.165) is 12.8 Å². The highest BCUT2D eigenvalue weighted by Crippen LogP contribution is 2.15. The zero-order chi connectivity index (χ0) is 15.6. The minimum atomic E-state index is 0.995. The van der Waals surface area contributed by atoms with E-state index in [4.69, 9.17) is 5.11 Å². The fourth-order valence-electron chi connectivity index (χ4n) is 2.88. The van der Waals surface area contributed by atoms with Gasteiger partial charge in [-0.25, -0.2) is 0 Å². The van der Waals surface area contributed by atoms with Crippen molar-refractivity contribution in [2.24, 2.45) is 0 Å². The van der Waals surface area contributed by atoms with Crippen molar-refractivity contribution in [2.75, 3.05) is 0 Å². The van der Waals surface area contributed by atoms with Crippen LogP contribution >= 0.6 is 0 Å². The minimum absolute atomic E-state index is 0.995. The van der Waals surface area contributed by atoms with Gasteiger partial charge in [0.15, 0.2) is 0 Å². The summed E-state index contributed by atoms with van der Waals surface area (Å²) in [6.07, 6.45) is 23.1. The Morgan fingerprint density at radius 1 is 0.619 bits per heavy atom. The second-order valence-corrected chi connectivity index (χ2v) is 6.49. The molecule has 0 aliphatic heterocycles. The largest absolute Gasteiger partial charge is 0.516 e. The summed E-state index contributed by atoms with van der Waals surface area (Å²) in [5, 5.41) is 8.97. The van der Waals surface area contributed by atoms with E-state index >= 15 is 0 Å². The molecule has 126 valence electrons. The van der Waals surface area contributed by atoms with Crippen molar-refractivity contribution >= 4 is 0 Å². The van der Waals surface area contributed by atoms with Gasteiger partial charge in [0.1, 0.15) is 0 Å². The van der Waals surface area contributed by atoms with Crippen molar-refractivity contribution in [2.45, 2.75) is 117 Å². The van der Waals surface area contributed by atoms with E-state index in [1.807, 2.05) is 0 Å². The number of rotatable bonds is 16. The van der Waals surface area contributed by atoms with Gasteiger partial charge in [-0.1, -0.05) is 97.3 Å². The highest BCUT2D eigenvalue weighted by Gasteiger charge is 1.96. The number of hydrogen-bond donors (Lipinski definition) is 1. The zero-order valence-corrected chi connectivity index (χ0v) is 14.8. The molecule has 21 heavy (non-hydrogen) atoms. The fraction of sp³-hybridized carbons (Fsp3) is 0.900. The molecule has 0 heterocycles. The van der Waals surface area contributed by atoms with E-state index in [1.54, 1.807) is 0 Å². The molecule has 1 heteroatoms. The summed E-state index contributed by atoms with van der Waals surface area (Å²) in [5.41, 5.74) is 1.20. The Morgan fingerprint density at radius 3 is 1.33 bits per heavy atom. The van der Waals surface area contributed by atoms with Crippen LogP contribution in [0, 0.1) is 0 Å². The van der Waals surface area contributed by atoms with Gasteiger partial charge in [-0.2, -0.15) is 0 Å². The molecule has 0 unspecified atom stereocenters. The summed E-state index contributed by atoms with van der Waals surface area (Å²) >= 11 is 0. The average Bonchev–Trinajstić information content (AvgIpc) is 2.51. The Balaban J connectivity index is 3.06. The lowest BCUT2D eigenvalue weighted by atomic mass is 10.0. The van der Waals surface area contributed by atoms with Gasteiger partial charge in [0.2, 0.25) is 0 Å². The second-order valence-electron chi connectivity index (χ2n) is 6.49. The van der Waals surface area contributed by atoms with Crippen molar-refractivity contribution in [3.05, 3.63) is 11.8 Å². The zero-order valence-electron chi connectivity index (χ0n) is 14.8. The first-order chi connectivity index (χ1) is 10.3. The predicted octanol–water partition coefficient (Wildman–Crippen LogP) is 7.71. The Labute approximate surface area is 134 Å². The van der Waals surface area contributed by atoms with Gasteiger partial charge in [-0.3, -0.25) is 0 Å². The molecule has 0 saturated carbocycles. The highest BCUT2D eigenvalue weighted by atomic mass is 16.2. The van der Waals surface area contributed by atoms with E-state index in [2.05, 4.69) is 13.8 Å².